The van der Waals surface area contributed by atoms with Crippen LogP contribution in [0, 0.1) is 6.92 Å². The molecule has 0 aliphatic rings. The lowest BCUT2D eigenvalue weighted by molar-refractivity contribution is 1.05. The van der Waals surface area contributed by atoms with Gasteiger partial charge in [0.05, 0.1) is 6.54 Å². The lowest BCUT2D eigenvalue weighted by Crippen LogP contribution is -2.22. The van der Waals surface area contributed by atoms with Crippen LogP contribution in [0.5, 0.6) is 0 Å². The first-order valence-electron chi connectivity index (χ1n) is 6.94. The fourth-order valence-electron chi connectivity index (χ4n) is 1.93. The summed E-state index contributed by atoms with van der Waals surface area (Å²) in [7, 11) is 4.05. The number of anilines is 2. The minimum atomic E-state index is 0. The smallest absolute Gasteiger partial charge is 0.193 e. The molecule has 0 spiro atoms. The molecule has 0 radical (unpaired) electrons. The third kappa shape index (κ3) is 5.55. The molecule has 5 heteroatoms. The number of hydrogen-bond donors (Lipinski definition) is 2. The van der Waals surface area contributed by atoms with E-state index in [1.807, 2.05) is 44.4 Å². The summed E-state index contributed by atoms with van der Waals surface area (Å²) in [5, 5.41) is 3.09. The monoisotopic (exact) mass is 410 g/mol. The van der Waals surface area contributed by atoms with Crippen LogP contribution in [0.25, 0.3) is 0 Å². The third-order valence-electron chi connectivity index (χ3n) is 3.18. The first-order valence-corrected chi connectivity index (χ1v) is 6.94. The van der Waals surface area contributed by atoms with Gasteiger partial charge < -0.3 is 16.0 Å². The Kier molecular flexibility index (Phi) is 7.17. The van der Waals surface area contributed by atoms with Gasteiger partial charge in [0.1, 0.15) is 0 Å². The second-order valence-electron chi connectivity index (χ2n) is 5.26. The second-order valence-corrected chi connectivity index (χ2v) is 5.26. The van der Waals surface area contributed by atoms with E-state index in [0.717, 1.165) is 16.9 Å². The molecule has 3 N–H and O–H groups in total. The molecular formula is C17H23IN4. The molecule has 0 heterocycles. The van der Waals surface area contributed by atoms with E-state index in [1.165, 1.54) is 5.56 Å². The Labute approximate surface area is 149 Å². The molecule has 0 saturated carbocycles. The summed E-state index contributed by atoms with van der Waals surface area (Å²) in [6, 6.07) is 16.3. The molecule has 22 heavy (non-hydrogen) atoms. The van der Waals surface area contributed by atoms with Crippen LogP contribution in [0.1, 0.15) is 11.1 Å². The molecule has 0 saturated heterocycles. The maximum atomic E-state index is 5.92. The van der Waals surface area contributed by atoms with Crippen molar-refractivity contribution in [2.45, 2.75) is 13.5 Å². The zero-order chi connectivity index (χ0) is 15.2. The molecule has 0 aliphatic carbocycles. The van der Waals surface area contributed by atoms with Crippen LogP contribution in [0.3, 0.4) is 0 Å². The summed E-state index contributed by atoms with van der Waals surface area (Å²) in [5.74, 6) is 0.425. The van der Waals surface area contributed by atoms with Gasteiger partial charge in [-0.05, 0) is 36.8 Å². The van der Waals surface area contributed by atoms with Crippen molar-refractivity contribution in [3.63, 3.8) is 0 Å². The number of aliphatic imine (C=N–C) groups is 1. The summed E-state index contributed by atoms with van der Waals surface area (Å²) in [6.45, 7) is 2.62. The molecule has 0 amide bonds. The number of nitrogens with two attached hydrogens (primary N) is 1. The number of guanidine groups is 1. The molecule has 0 atom stereocenters. The van der Waals surface area contributed by atoms with Gasteiger partial charge >= 0.3 is 0 Å². The first kappa shape index (κ1) is 18.3. The van der Waals surface area contributed by atoms with Crippen LogP contribution in [-0.2, 0) is 6.54 Å². The Morgan fingerprint density at radius 2 is 1.82 bits per heavy atom. The molecule has 2 aromatic carbocycles. The average molecular weight is 410 g/mol. The summed E-state index contributed by atoms with van der Waals surface area (Å²) in [6.07, 6.45) is 0. The fourth-order valence-corrected chi connectivity index (χ4v) is 1.93. The van der Waals surface area contributed by atoms with E-state index in [9.17, 15) is 0 Å². The van der Waals surface area contributed by atoms with Crippen molar-refractivity contribution >= 4 is 41.3 Å². The van der Waals surface area contributed by atoms with Crippen LogP contribution in [0.15, 0.2) is 53.5 Å². The molecule has 4 nitrogen and oxygen atoms in total. The topological polar surface area (TPSA) is 53.6 Å². The summed E-state index contributed by atoms with van der Waals surface area (Å²) in [5.41, 5.74) is 10.4. The fraction of sp³-hybridized carbons (Fsp3) is 0.235. The lowest BCUT2D eigenvalue weighted by Gasteiger charge is -2.13. The molecule has 0 fully saturated rings. The maximum Gasteiger partial charge on any atom is 0.193 e. The quantitative estimate of drug-likeness (QED) is 0.460. The number of halogens is 1. The van der Waals surface area contributed by atoms with Gasteiger partial charge in [-0.25, -0.2) is 4.99 Å². The highest BCUT2D eigenvalue weighted by molar-refractivity contribution is 14.0. The summed E-state index contributed by atoms with van der Waals surface area (Å²) < 4.78 is 0. The lowest BCUT2D eigenvalue weighted by atomic mass is 10.2. The highest BCUT2D eigenvalue weighted by Gasteiger charge is 1.98. The summed E-state index contributed by atoms with van der Waals surface area (Å²) >= 11 is 0. The van der Waals surface area contributed by atoms with Crippen molar-refractivity contribution in [2.24, 2.45) is 10.7 Å². The Balaban J connectivity index is 0.00000242. The molecular weight excluding hydrogens is 387 g/mol. The second kappa shape index (κ2) is 8.63. The van der Waals surface area contributed by atoms with Gasteiger partial charge in [-0.1, -0.05) is 29.8 Å². The number of aryl methyl sites for hydroxylation is 1. The highest BCUT2D eigenvalue weighted by atomic mass is 127. The SMILES string of the molecule is Cc1ccc(NC(N)=NCc2cccc(N(C)C)c2)cc1.I. The van der Waals surface area contributed by atoms with Gasteiger partial charge in [-0.3, -0.25) is 0 Å². The van der Waals surface area contributed by atoms with Gasteiger partial charge in [-0.15, -0.1) is 24.0 Å². The molecule has 0 aromatic heterocycles. The molecule has 2 rings (SSSR count). The Morgan fingerprint density at radius 3 is 2.45 bits per heavy atom. The molecule has 0 bridgehead atoms. The van der Waals surface area contributed by atoms with Crippen molar-refractivity contribution in [1.82, 2.24) is 0 Å². The Hall–Kier alpha value is -1.76. The molecule has 0 aliphatic heterocycles. The maximum absolute atomic E-state index is 5.92. The number of rotatable bonds is 4. The van der Waals surface area contributed by atoms with Crippen molar-refractivity contribution in [3.05, 3.63) is 59.7 Å². The average Bonchev–Trinajstić information content (AvgIpc) is 2.48. The minimum Gasteiger partial charge on any atom is -0.378 e. The molecule has 0 unspecified atom stereocenters. The van der Waals surface area contributed by atoms with Gasteiger partial charge in [0.15, 0.2) is 5.96 Å². The zero-order valence-corrected chi connectivity index (χ0v) is 15.5. The van der Waals surface area contributed by atoms with Crippen molar-refractivity contribution in [1.29, 1.82) is 0 Å². The van der Waals surface area contributed by atoms with E-state index in [1.54, 1.807) is 0 Å². The van der Waals surface area contributed by atoms with E-state index in [-0.39, 0.29) is 24.0 Å². The van der Waals surface area contributed by atoms with Crippen LogP contribution in [0.2, 0.25) is 0 Å². The molecule has 118 valence electrons. The van der Waals surface area contributed by atoms with E-state index in [4.69, 9.17) is 5.73 Å². The first-order chi connectivity index (χ1) is 10.0. The van der Waals surface area contributed by atoms with Crippen LogP contribution in [-0.4, -0.2) is 20.1 Å². The van der Waals surface area contributed by atoms with Crippen LogP contribution < -0.4 is 16.0 Å². The standard InChI is InChI=1S/C17H22N4.HI/c1-13-7-9-15(10-8-13)20-17(18)19-12-14-5-4-6-16(11-14)21(2)3;/h4-11H,12H2,1-3H3,(H3,18,19,20);1H. The van der Waals surface area contributed by atoms with Crippen molar-refractivity contribution in [2.75, 3.05) is 24.3 Å². The largest absolute Gasteiger partial charge is 0.378 e. The third-order valence-corrected chi connectivity index (χ3v) is 3.18. The number of hydrogen-bond acceptors (Lipinski definition) is 2. The highest BCUT2D eigenvalue weighted by Crippen LogP contribution is 2.14. The van der Waals surface area contributed by atoms with E-state index >= 15 is 0 Å². The number of benzene rings is 2. The van der Waals surface area contributed by atoms with E-state index in [2.05, 4.69) is 40.3 Å². The predicted octanol–water partition coefficient (Wildman–Crippen LogP) is 3.61. The van der Waals surface area contributed by atoms with Crippen molar-refractivity contribution < 1.29 is 0 Å². The Bertz CT molecular complexity index is 621. The van der Waals surface area contributed by atoms with Gasteiger partial charge in [0.2, 0.25) is 0 Å². The number of nitrogens with one attached hydrogen (secondary N) is 1. The minimum absolute atomic E-state index is 0. The predicted molar refractivity (Wildman–Crippen MR) is 106 cm³/mol. The van der Waals surface area contributed by atoms with Gasteiger partial charge in [0.25, 0.3) is 0 Å². The molecule has 2 aromatic rings. The van der Waals surface area contributed by atoms with Gasteiger partial charge in [-0.2, -0.15) is 0 Å². The Morgan fingerprint density at radius 1 is 1.14 bits per heavy atom. The van der Waals surface area contributed by atoms with E-state index in [0.29, 0.717) is 12.5 Å². The van der Waals surface area contributed by atoms with Crippen LogP contribution in [0.4, 0.5) is 11.4 Å². The van der Waals surface area contributed by atoms with Gasteiger partial charge in [0, 0.05) is 25.5 Å². The van der Waals surface area contributed by atoms with Crippen molar-refractivity contribution in [3.8, 4) is 0 Å². The zero-order valence-electron chi connectivity index (χ0n) is 13.2. The summed E-state index contributed by atoms with van der Waals surface area (Å²) in [4.78, 5) is 6.45. The number of nitrogens with zero attached hydrogens (tertiary/aromatic N) is 2. The van der Waals surface area contributed by atoms with Crippen LogP contribution >= 0.6 is 24.0 Å². The normalized spacial score (nSPS) is 10.8. The van der Waals surface area contributed by atoms with E-state index < -0.39 is 0 Å².